The zero-order valence-electron chi connectivity index (χ0n) is 17.0. The zero-order valence-corrected chi connectivity index (χ0v) is 19.0. The first-order chi connectivity index (χ1) is 10.5. The quantitative estimate of drug-likeness (QED) is 0.354. The van der Waals surface area contributed by atoms with E-state index in [1.54, 1.807) is 0 Å². The van der Waals surface area contributed by atoms with Crippen LogP contribution in [0.2, 0.25) is 36.3 Å². The van der Waals surface area contributed by atoms with Gasteiger partial charge < -0.3 is 13.6 Å². The smallest absolute Gasteiger partial charge is 0.192 e. The van der Waals surface area contributed by atoms with Crippen molar-refractivity contribution in [3.63, 3.8) is 0 Å². The molecule has 0 aliphatic rings. The first-order valence-electron chi connectivity index (χ1n) is 9.25. The van der Waals surface area contributed by atoms with Crippen molar-refractivity contribution >= 4 is 22.9 Å². The molecule has 0 unspecified atom stereocenters. The molecule has 0 saturated heterocycles. The van der Waals surface area contributed by atoms with Crippen LogP contribution in [0.1, 0.15) is 54.9 Å². The van der Waals surface area contributed by atoms with E-state index in [2.05, 4.69) is 54.6 Å². The maximum absolute atomic E-state index is 11.3. The third kappa shape index (κ3) is 6.80. The first kappa shape index (κ1) is 23.0. The molecule has 3 nitrogen and oxygen atoms in total. The van der Waals surface area contributed by atoms with Gasteiger partial charge in [-0.2, -0.15) is 0 Å². The summed E-state index contributed by atoms with van der Waals surface area (Å²) in [5.41, 5.74) is 0. The molecular formula is C18H40O3Si2. The Labute approximate surface area is 146 Å². The molecule has 0 saturated carbocycles. The van der Waals surface area contributed by atoms with Gasteiger partial charge in [0, 0.05) is 12.5 Å². The van der Waals surface area contributed by atoms with Crippen molar-refractivity contribution in [2.45, 2.75) is 97.3 Å². The van der Waals surface area contributed by atoms with Gasteiger partial charge in [0.1, 0.15) is 6.29 Å². The van der Waals surface area contributed by atoms with E-state index in [1.165, 1.54) is 0 Å². The second kappa shape index (κ2) is 9.49. The van der Waals surface area contributed by atoms with E-state index < -0.39 is 16.6 Å². The average molecular weight is 361 g/mol. The molecule has 0 amide bonds. The van der Waals surface area contributed by atoms with E-state index >= 15 is 0 Å². The van der Waals surface area contributed by atoms with E-state index in [0.29, 0.717) is 6.61 Å². The lowest BCUT2D eigenvalue weighted by molar-refractivity contribution is -0.113. The number of aldehydes is 1. The molecule has 0 aliphatic carbocycles. The zero-order chi connectivity index (χ0) is 18.3. The molecule has 0 radical (unpaired) electrons. The molecule has 23 heavy (non-hydrogen) atoms. The predicted molar refractivity (Wildman–Crippen MR) is 105 cm³/mol. The molecule has 0 rings (SSSR count). The fraction of sp³-hybridized carbons (Fsp3) is 0.944. The Morgan fingerprint density at radius 2 is 1.52 bits per heavy atom. The minimum Gasteiger partial charge on any atom is -0.417 e. The van der Waals surface area contributed by atoms with Crippen molar-refractivity contribution in [3.8, 4) is 0 Å². The summed E-state index contributed by atoms with van der Waals surface area (Å²) in [5.74, 6) is -0.0606. The Hall–Kier alpha value is 0.0238. The molecule has 0 bridgehead atoms. The molecule has 0 spiro atoms. The molecule has 0 aromatic rings. The second-order valence-corrected chi connectivity index (χ2v) is 17.8. The molecule has 2 atom stereocenters. The molecule has 0 aliphatic heterocycles. The summed E-state index contributed by atoms with van der Waals surface area (Å²) in [5, 5.41) is 0.217. The molecule has 5 heteroatoms. The Morgan fingerprint density at radius 1 is 1.04 bits per heavy atom. The molecule has 0 aromatic carbocycles. The van der Waals surface area contributed by atoms with Crippen molar-refractivity contribution in [3.05, 3.63) is 0 Å². The standard InChI is InChI=1S/C18H40O3Si2/c1-10-23(11-2,12-3)21-17(16(4)15-19)13-14-20-22(8,9)18(5,6)7/h15-17H,10-14H2,1-9H3/t16-,17+/m0/s1. The van der Waals surface area contributed by atoms with E-state index in [4.69, 9.17) is 8.85 Å². The highest BCUT2D eigenvalue weighted by atomic mass is 28.4. The van der Waals surface area contributed by atoms with Crippen LogP contribution in [-0.4, -0.2) is 35.6 Å². The summed E-state index contributed by atoms with van der Waals surface area (Å²) in [4.78, 5) is 11.3. The van der Waals surface area contributed by atoms with Crippen LogP contribution in [0.3, 0.4) is 0 Å². The third-order valence-electron chi connectivity index (χ3n) is 5.81. The van der Waals surface area contributed by atoms with Gasteiger partial charge in [0.05, 0.1) is 6.10 Å². The summed E-state index contributed by atoms with van der Waals surface area (Å²) in [7, 11) is -3.43. The number of hydrogen-bond acceptors (Lipinski definition) is 3. The maximum Gasteiger partial charge on any atom is 0.192 e. The maximum atomic E-state index is 11.3. The molecule has 0 fully saturated rings. The van der Waals surface area contributed by atoms with E-state index in [-0.39, 0.29) is 17.1 Å². The number of carbonyl (C=O) groups excluding carboxylic acids is 1. The summed E-state index contributed by atoms with van der Waals surface area (Å²) >= 11 is 0. The van der Waals surface area contributed by atoms with Gasteiger partial charge in [0.15, 0.2) is 16.6 Å². The topological polar surface area (TPSA) is 35.5 Å². The molecule has 0 N–H and O–H groups in total. The van der Waals surface area contributed by atoms with E-state index in [0.717, 1.165) is 30.8 Å². The normalized spacial score (nSPS) is 16.2. The lowest BCUT2D eigenvalue weighted by atomic mass is 10.0. The summed E-state index contributed by atoms with van der Waals surface area (Å²) in [6.07, 6.45) is 1.86. The van der Waals surface area contributed by atoms with Gasteiger partial charge in [-0.1, -0.05) is 48.5 Å². The van der Waals surface area contributed by atoms with Crippen molar-refractivity contribution < 1.29 is 13.6 Å². The Balaban J connectivity index is 4.86. The van der Waals surface area contributed by atoms with Crippen molar-refractivity contribution in [1.82, 2.24) is 0 Å². The first-order valence-corrected chi connectivity index (χ1v) is 14.7. The minimum absolute atomic E-state index is 0.00350. The molecule has 138 valence electrons. The van der Waals surface area contributed by atoms with Crippen molar-refractivity contribution in [1.29, 1.82) is 0 Å². The second-order valence-electron chi connectivity index (χ2n) is 8.29. The van der Waals surface area contributed by atoms with Crippen LogP contribution in [0, 0.1) is 5.92 Å². The van der Waals surface area contributed by atoms with Gasteiger partial charge in [-0.05, 0) is 42.7 Å². The third-order valence-corrected chi connectivity index (χ3v) is 15.0. The fourth-order valence-electron chi connectivity index (χ4n) is 2.48. The van der Waals surface area contributed by atoms with Gasteiger partial charge in [0.25, 0.3) is 0 Å². The van der Waals surface area contributed by atoms with E-state index in [1.807, 2.05) is 6.92 Å². The fourth-order valence-corrected chi connectivity index (χ4v) is 6.52. The number of rotatable bonds is 11. The van der Waals surface area contributed by atoms with Crippen LogP contribution in [0.5, 0.6) is 0 Å². The van der Waals surface area contributed by atoms with Crippen molar-refractivity contribution in [2.24, 2.45) is 5.92 Å². The van der Waals surface area contributed by atoms with Gasteiger partial charge in [0.2, 0.25) is 0 Å². The summed E-state index contributed by atoms with van der Waals surface area (Å²) in [6.45, 7) is 20.7. The van der Waals surface area contributed by atoms with Gasteiger partial charge in [-0.25, -0.2) is 0 Å². The Morgan fingerprint density at radius 3 is 1.87 bits per heavy atom. The molecule has 0 heterocycles. The van der Waals surface area contributed by atoms with Crippen LogP contribution in [0.15, 0.2) is 0 Å². The lowest BCUT2D eigenvalue weighted by Crippen LogP contribution is -2.44. The Bertz CT molecular complexity index is 338. The average Bonchev–Trinajstić information content (AvgIpc) is 2.49. The number of carbonyl (C=O) groups is 1. The van der Waals surface area contributed by atoms with Crippen LogP contribution in [-0.2, 0) is 13.6 Å². The van der Waals surface area contributed by atoms with Crippen LogP contribution < -0.4 is 0 Å². The molecular weight excluding hydrogens is 320 g/mol. The highest BCUT2D eigenvalue weighted by Crippen LogP contribution is 2.37. The number of hydrogen-bond donors (Lipinski definition) is 0. The summed E-state index contributed by atoms with van der Waals surface area (Å²) < 4.78 is 12.9. The SMILES string of the molecule is CC[Si](CC)(CC)O[C@H](CCO[Si](C)(C)C(C)(C)C)[C@@H](C)C=O. The van der Waals surface area contributed by atoms with Crippen LogP contribution >= 0.6 is 0 Å². The lowest BCUT2D eigenvalue weighted by Gasteiger charge is -2.38. The minimum atomic E-state index is -1.73. The van der Waals surface area contributed by atoms with E-state index in [9.17, 15) is 4.79 Å². The Kier molecular flexibility index (Phi) is 9.50. The predicted octanol–water partition coefficient (Wildman–Crippen LogP) is 5.62. The monoisotopic (exact) mass is 360 g/mol. The van der Waals surface area contributed by atoms with Gasteiger partial charge in [-0.3, -0.25) is 0 Å². The summed E-state index contributed by atoms with van der Waals surface area (Å²) in [6, 6.07) is 3.35. The largest absolute Gasteiger partial charge is 0.417 e. The van der Waals surface area contributed by atoms with Crippen LogP contribution in [0.4, 0.5) is 0 Å². The van der Waals surface area contributed by atoms with Gasteiger partial charge in [-0.15, -0.1) is 0 Å². The molecule has 0 aromatic heterocycles. The highest BCUT2D eigenvalue weighted by molar-refractivity contribution is 6.74. The van der Waals surface area contributed by atoms with Crippen LogP contribution in [0.25, 0.3) is 0 Å². The highest BCUT2D eigenvalue weighted by Gasteiger charge is 2.38. The van der Waals surface area contributed by atoms with Crippen molar-refractivity contribution in [2.75, 3.05) is 6.61 Å². The van der Waals surface area contributed by atoms with Gasteiger partial charge >= 0.3 is 0 Å².